The first-order chi connectivity index (χ1) is 14.8. The Hall–Kier alpha value is -3.39. The molecule has 0 bridgehead atoms. The maximum Gasteiger partial charge on any atom is 0.349 e. The van der Waals surface area contributed by atoms with Gasteiger partial charge in [0, 0.05) is 49.6 Å². The van der Waals surface area contributed by atoms with E-state index < -0.39 is 11.6 Å². The minimum Gasteiger partial charge on any atom is -0.481 e. The molecule has 3 heterocycles. The summed E-state index contributed by atoms with van der Waals surface area (Å²) in [7, 11) is 0. The fraction of sp³-hybridized carbons (Fsp3) is 0.348. The van der Waals surface area contributed by atoms with Crippen molar-refractivity contribution in [1.29, 1.82) is 0 Å². The molecule has 0 unspecified atom stereocenters. The highest BCUT2D eigenvalue weighted by Crippen LogP contribution is 2.20. The molecule has 164 valence electrons. The third-order valence-electron chi connectivity index (χ3n) is 5.24. The second-order valence-corrected chi connectivity index (χ2v) is 7.74. The molecule has 1 atom stereocenters. The second-order valence-electron chi connectivity index (χ2n) is 7.74. The lowest BCUT2D eigenvalue weighted by Crippen LogP contribution is -2.35. The highest BCUT2D eigenvalue weighted by Gasteiger charge is 2.28. The molecule has 2 aromatic heterocycles. The molecule has 0 spiro atoms. The van der Waals surface area contributed by atoms with Crippen LogP contribution >= 0.6 is 0 Å². The molecule has 1 aliphatic heterocycles. The number of H-pyrrole nitrogens is 1. The Morgan fingerprint density at radius 2 is 2.00 bits per heavy atom. The van der Waals surface area contributed by atoms with Crippen LogP contribution in [-0.4, -0.2) is 46.0 Å². The number of nitrogens with two attached hydrogens (primary N) is 1. The number of benzene rings is 1. The number of para-hydroxylation sites is 1. The van der Waals surface area contributed by atoms with Crippen molar-refractivity contribution in [2.24, 2.45) is 5.73 Å². The fourth-order valence-corrected chi connectivity index (χ4v) is 3.78. The van der Waals surface area contributed by atoms with Gasteiger partial charge >= 0.3 is 5.63 Å². The zero-order valence-corrected chi connectivity index (χ0v) is 17.7. The number of carbonyl (C=O) groups is 2. The van der Waals surface area contributed by atoms with Crippen molar-refractivity contribution in [3.05, 3.63) is 69.4 Å². The zero-order chi connectivity index (χ0) is 22.5. The zero-order valence-electron chi connectivity index (χ0n) is 17.7. The predicted molar refractivity (Wildman–Crippen MR) is 117 cm³/mol. The van der Waals surface area contributed by atoms with Gasteiger partial charge in [0.1, 0.15) is 11.3 Å². The van der Waals surface area contributed by atoms with Crippen LogP contribution < -0.4 is 11.4 Å². The summed E-state index contributed by atoms with van der Waals surface area (Å²) in [6.45, 7) is 3.94. The topological polar surface area (TPSA) is 130 Å². The largest absolute Gasteiger partial charge is 0.481 e. The van der Waals surface area contributed by atoms with E-state index in [9.17, 15) is 9.59 Å². The molecule has 31 heavy (non-hydrogen) atoms. The quantitative estimate of drug-likeness (QED) is 0.589. The molecule has 8 nitrogen and oxygen atoms in total. The average Bonchev–Trinajstić information content (AvgIpc) is 3.31. The first kappa shape index (κ1) is 22.3. The highest BCUT2D eigenvalue weighted by atomic mass is 16.4. The number of fused-ring (bicyclic) bond motifs is 1. The predicted octanol–water partition coefficient (Wildman–Crippen LogP) is 2.48. The van der Waals surface area contributed by atoms with Crippen LogP contribution in [0.4, 0.5) is 0 Å². The van der Waals surface area contributed by atoms with E-state index in [-0.39, 0.29) is 17.5 Å². The number of carboxylic acids is 1. The molecule has 1 amide bonds. The van der Waals surface area contributed by atoms with Crippen LogP contribution in [0, 0.1) is 6.92 Å². The number of carboxylic acid groups (broad SMARTS) is 1. The Morgan fingerprint density at radius 1 is 1.29 bits per heavy atom. The summed E-state index contributed by atoms with van der Waals surface area (Å²) in [4.78, 5) is 39.0. The van der Waals surface area contributed by atoms with Crippen molar-refractivity contribution < 1.29 is 19.1 Å². The second kappa shape index (κ2) is 9.61. The smallest absolute Gasteiger partial charge is 0.349 e. The number of amides is 1. The van der Waals surface area contributed by atoms with Crippen LogP contribution in [0.25, 0.3) is 10.9 Å². The monoisotopic (exact) mass is 425 g/mol. The Morgan fingerprint density at radius 3 is 2.65 bits per heavy atom. The van der Waals surface area contributed by atoms with Gasteiger partial charge in [-0.3, -0.25) is 9.59 Å². The lowest BCUT2D eigenvalue weighted by molar-refractivity contribution is -0.134. The molecular formula is C23H27N3O5. The van der Waals surface area contributed by atoms with E-state index in [1.54, 1.807) is 17.9 Å². The van der Waals surface area contributed by atoms with E-state index in [2.05, 4.69) is 11.1 Å². The molecule has 0 saturated carbocycles. The molecule has 1 aliphatic rings. The third kappa shape index (κ3) is 5.40. The number of likely N-dealkylation sites (tertiary alicyclic amines) is 1. The number of carbonyl (C=O) groups excluding carboxylic acids is 1. The van der Waals surface area contributed by atoms with E-state index in [1.807, 2.05) is 24.4 Å². The summed E-state index contributed by atoms with van der Waals surface area (Å²) in [5.41, 5.74) is 8.36. The van der Waals surface area contributed by atoms with E-state index in [0.29, 0.717) is 30.8 Å². The summed E-state index contributed by atoms with van der Waals surface area (Å²) in [5, 5.41) is 8.59. The standard InChI is InChI=1S/C21H23N3O3.C2H4O2/c1-13-10-16(7-6-14-11-23-18-5-3-2-4-17(14)18)27-21(26)19(13)20(25)24-9-8-15(22)12-24;1-2(3)4/h2-5,10-11,15,23H,6-9,12,22H2,1H3;1H3,(H,3,4)/t15-;/m0./s1. The van der Waals surface area contributed by atoms with Gasteiger partial charge in [0.15, 0.2) is 0 Å². The third-order valence-corrected chi connectivity index (χ3v) is 5.24. The van der Waals surface area contributed by atoms with E-state index in [1.165, 1.54) is 10.9 Å². The fourth-order valence-electron chi connectivity index (χ4n) is 3.78. The van der Waals surface area contributed by atoms with Crippen LogP contribution in [-0.2, 0) is 17.6 Å². The summed E-state index contributed by atoms with van der Waals surface area (Å²) < 4.78 is 5.46. The molecule has 3 aromatic rings. The number of aryl methyl sites for hydroxylation is 3. The summed E-state index contributed by atoms with van der Waals surface area (Å²) in [5.74, 6) is -0.519. The van der Waals surface area contributed by atoms with E-state index >= 15 is 0 Å². The van der Waals surface area contributed by atoms with E-state index in [0.717, 1.165) is 25.3 Å². The van der Waals surface area contributed by atoms with Crippen molar-refractivity contribution in [2.75, 3.05) is 13.1 Å². The normalized spacial score (nSPS) is 15.6. The van der Waals surface area contributed by atoms with Gasteiger partial charge in [-0.25, -0.2) is 4.79 Å². The molecule has 8 heteroatoms. The Bertz CT molecular complexity index is 1140. The van der Waals surface area contributed by atoms with Crippen molar-refractivity contribution in [1.82, 2.24) is 9.88 Å². The number of hydrogen-bond donors (Lipinski definition) is 3. The summed E-state index contributed by atoms with van der Waals surface area (Å²) in [6, 6.07) is 9.90. The molecule has 4 N–H and O–H groups in total. The Labute approximate surface area is 179 Å². The first-order valence-electron chi connectivity index (χ1n) is 10.2. The number of rotatable bonds is 4. The Balaban J connectivity index is 0.000000628. The van der Waals surface area contributed by atoms with Gasteiger partial charge in [-0.05, 0) is 43.0 Å². The SMILES string of the molecule is CC(=O)O.Cc1cc(CCc2c[nH]c3ccccc23)oc(=O)c1C(=O)N1CC[C@H](N)C1. The maximum absolute atomic E-state index is 12.6. The molecule has 0 aliphatic carbocycles. The number of nitrogens with one attached hydrogen (secondary N) is 1. The molecule has 1 fully saturated rings. The van der Waals surface area contributed by atoms with Gasteiger partial charge in [-0.1, -0.05) is 18.2 Å². The maximum atomic E-state index is 12.6. The minimum atomic E-state index is -0.833. The number of hydrogen-bond acceptors (Lipinski definition) is 5. The molecule has 1 saturated heterocycles. The van der Waals surface area contributed by atoms with Crippen LogP contribution in [0.2, 0.25) is 0 Å². The lowest BCUT2D eigenvalue weighted by atomic mass is 10.1. The Kier molecular flexibility index (Phi) is 6.91. The molecule has 4 rings (SSSR count). The van der Waals surface area contributed by atoms with Crippen LogP contribution in [0.5, 0.6) is 0 Å². The first-order valence-corrected chi connectivity index (χ1v) is 10.2. The van der Waals surface area contributed by atoms with Crippen LogP contribution in [0.3, 0.4) is 0 Å². The summed E-state index contributed by atoms with van der Waals surface area (Å²) in [6.07, 6.45) is 4.10. The van der Waals surface area contributed by atoms with Crippen molar-refractivity contribution >= 4 is 22.8 Å². The van der Waals surface area contributed by atoms with Gasteiger partial charge in [-0.15, -0.1) is 0 Å². The van der Waals surface area contributed by atoms with E-state index in [4.69, 9.17) is 20.1 Å². The summed E-state index contributed by atoms with van der Waals surface area (Å²) >= 11 is 0. The molecular weight excluding hydrogens is 398 g/mol. The van der Waals surface area contributed by atoms with Crippen molar-refractivity contribution in [3.63, 3.8) is 0 Å². The lowest BCUT2D eigenvalue weighted by Gasteiger charge is -2.16. The van der Waals surface area contributed by atoms with Gasteiger partial charge < -0.3 is 25.1 Å². The molecule has 1 aromatic carbocycles. The minimum absolute atomic E-state index is 0.0169. The number of aliphatic carboxylic acids is 1. The van der Waals surface area contributed by atoms with Crippen LogP contribution in [0.1, 0.15) is 40.6 Å². The average molecular weight is 425 g/mol. The van der Waals surface area contributed by atoms with Gasteiger partial charge in [0.2, 0.25) is 0 Å². The molecule has 0 radical (unpaired) electrons. The van der Waals surface area contributed by atoms with Crippen LogP contribution in [0.15, 0.2) is 45.7 Å². The van der Waals surface area contributed by atoms with Gasteiger partial charge in [0.05, 0.1) is 0 Å². The number of aromatic amines is 1. The van der Waals surface area contributed by atoms with Crippen molar-refractivity contribution in [3.8, 4) is 0 Å². The highest BCUT2D eigenvalue weighted by molar-refractivity contribution is 5.95. The number of aromatic nitrogens is 1. The van der Waals surface area contributed by atoms with Gasteiger partial charge in [0.25, 0.3) is 11.9 Å². The number of nitrogens with zero attached hydrogens (tertiary/aromatic N) is 1. The van der Waals surface area contributed by atoms with Crippen molar-refractivity contribution in [2.45, 2.75) is 39.2 Å². The van der Waals surface area contributed by atoms with Gasteiger partial charge in [-0.2, -0.15) is 0 Å².